The van der Waals surface area contributed by atoms with Crippen LogP contribution in [0.15, 0.2) is 11.6 Å². The van der Waals surface area contributed by atoms with Crippen LogP contribution in [0.25, 0.3) is 0 Å². The van der Waals surface area contributed by atoms with Crippen molar-refractivity contribution in [1.82, 2.24) is 5.32 Å². The van der Waals surface area contributed by atoms with E-state index in [0.717, 1.165) is 19.3 Å². The molecule has 0 aromatic carbocycles. The molecule has 3 N–H and O–H groups in total. The fourth-order valence-corrected chi connectivity index (χ4v) is 5.97. The molecule has 1 heterocycles. The molecule has 3 rings (SSSR count). The first-order valence-corrected chi connectivity index (χ1v) is 10.4. The minimum absolute atomic E-state index is 0.0810. The normalized spacial score (nSPS) is 43.5. The first-order chi connectivity index (χ1) is 12.1. The summed E-state index contributed by atoms with van der Waals surface area (Å²) in [6.45, 7) is 11.1. The van der Waals surface area contributed by atoms with Crippen LogP contribution >= 0.6 is 0 Å². The third-order valence-electron chi connectivity index (χ3n) is 7.90. The van der Waals surface area contributed by atoms with Gasteiger partial charge in [-0.25, -0.2) is 0 Å². The number of ether oxygens (including phenoxy) is 1. The van der Waals surface area contributed by atoms with Gasteiger partial charge in [-0.3, -0.25) is 4.79 Å². The molecule has 2 fully saturated rings. The lowest BCUT2D eigenvalue weighted by molar-refractivity contribution is -0.687. The molecule has 0 unspecified atom stereocenters. The van der Waals surface area contributed by atoms with Crippen LogP contribution in [0, 0.1) is 24.8 Å². The van der Waals surface area contributed by atoms with E-state index in [1.54, 1.807) is 0 Å². The van der Waals surface area contributed by atoms with Crippen molar-refractivity contribution in [2.24, 2.45) is 17.8 Å². The quantitative estimate of drug-likeness (QED) is 0.449. The second kappa shape index (κ2) is 6.94. The number of nitrogens with two attached hydrogens (primary N) is 1. The van der Waals surface area contributed by atoms with Crippen LogP contribution in [0.2, 0.25) is 0 Å². The molecular weight excluding hydrogens is 324 g/mol. The van der Waals surface area contributed by atoms with Crippen LogP contribution in [-0.2, 0) is 9.53 Å². The second-order valence-corrected chi connectivity index (χ2v) is 10.0. The molecule has 2 aliphatic carbocycles. The van der Waals surface area contributed by atoms with Crippen molar-refractivity contribution in [3.8, 4) is 0 Å². The van der Waals surface area contributed by atoms with Crippen LogP contribution < -0.4 is 10.6 Å². The van der Waals surface area contributed by atoms with Gasteiger partial charge in [0.05, 0.1) is 22.8 Å². The lowest BCUT2D eigenvalue weighted by Gasteiger charge is -2.53. The highest BCUT2D eigenvalue weighted by Crippen LogP contribution is 2.53. The number of fused-ring (bicyclic) bond motifs is 1. The summed E-state index contributed by atoms with van der Waals surface area (Å²) in [4.78, 5) is 11.0. The van der Waals surface area contributed by atoms with E-state index in [4.69, 9.17) is 4.74 Å². The van der Waals surface area contributed by atoms with Crippen molar-refractivity contribution in [3.05, 3.63) is 18.7 Å². The number of hydrogen-bond donors (Lipinski definition) is 2. The predicted molar refractivity (Wildman–Crippen MR) is 104 cm³/mol. The van der Waals surface area contributed by atoms with Crippen LogP contribution in [0.1, 0.15) is 73.1 Å². The number of quaternary nitrogens is 1. The Hall–Kier alpha value is -0.870. The van der Waals surface area contributed by atoms with Gasteiger partial charge in [-0.2, -0.15) is 7.05 Å². The number of carbonyl (C=O) groups is 1. The molecule has 3 aliphatic rings. The third kappa shape index (κ3) is 3.35. The summed E-state index contributed by atoms with van der Waals surface area (Å²) in [7, 11) is 4.18. The van der Waals surface area contributed by atoms with Crippen LogP contribution in [0.4, 0.5) is 0 Å². The average Bonchev–Trinajstić information content (AvgIpc) is 2.99. The third-order valence-corrected chi connectivity index (χ3v) is 7.90. The Kier molecular flexibility index (Phi) is 5.31. The number of rotatable bonds is 5. The number of hydrogen-bond acceptors (Lipinski definition) is 2. The van der Waals surface area contributed by atoms with E-state index >= 15 is 0 Å². The molecule has 1 saturated carbocycles. The summed E-state index contributed by atoms with van der Waals surface area (Å²) >= 11 is 0. The van der Waals surface area contributed by atoms with E-state index < -0.39 is 0 Å². The van der Waals surface area contributed by atoms with Crippen molar-refractivity contribution in [1.29, 1.82) is 0 Å². The molecule has 1 saturated heterocycles. The highest BCUT2D eigenvalue weighted by molar-refractivity contribution is 5.48. The molecule has 4 heteroatoms. The molecule has 0 spiro atoms. The minimum atomic E-state index is -0.318. The predicted octanol–water partition coefficient (Wildman–Crippen LogP) is 2.94. The maximum atomic E-state index is 11.0. The molecule has 0 bridgehead atoms. The molecular formula is C22H38N2O2. The number of nitrogens with one attached hydrogen (secondary N) is 1. The van der Waals surface area contributed by atoms with Crippen molar-refractivity contribution in [3.63, 3.8) is 0 Å². The lowest BCUT2D eigenvalue weighted by atomic mass is 9.56. The fraction of sp³-hybridized carbons (Fsp3) is 0.818. The zero-order valence-electron chi connectivity index (χ0n) is 17.3. The maximum absolute atomic E-state index is 11.0. The maximum Gasteiger partial charge on any atom is 0.207 e. The van der Waals surface area contributed by atoms with Gasteiger partial charge in [-0.15, -0.1) is 0 Å². The highest BCUT2D eigenvalue weighted by Gasteiger charge is 2.55. The van der Waals surface area contributed by atoms with Crippen LogP contribution in [-0.4, -0.2) is 29.2 Å². The van der Waals surface area contributed by atoms with Crippen molar-refractivity contribution in [2.45, 2.75) is 95.9 Å². The van der Waals surface area contributed by atoms with E-state index in [2.05, 4.69) is 58.4 Å². The van der Waals surface area contributed by atoms with Gasteiger partial charge in [0, 0.05) is 12.3 Å². The number of amides is 1. The molecule has 0 aromatic rings. The molecule has 1 aliphatic heterocycles. The summed E-state index contributed by atoms with van der Waals surface area (Å²) in [6, 6.07) is 0. The van der Waals surface area contributed by atoms with E-state index in [9.17, 15) is 4.79 Å². The highest BCUT2D eigenvalue weighted by atomic mass is 16.5. The van der Waals surface area contributed by atoms with Gasteiger partial charge < -0.3 is 15.4 Å². The Bertz CT molecular complexity index is 572. The standard InChI is InChI=1S/C22H38N2O2/c1-15-7-8-17-16(13-15)18(9-11-21(17,4)23-6)22(5)12-10-19(26-22)20(2,3)24-14-25/h13-14,16-19H,6-12,23H2,1-5H3,(H,24,25)/t16-,17+,18-,19-,21-,22+/m1/s1. The van der Waals surface area contributed by atoms with Gasteiger partial charge in [0.1, 0.15) is 0 Å². The van der Waals surface area contributed by atoms with E-state index in [1.165, 1.54) is 31.3 Å². The van der Waals surface area contributed by atoms with Crippen molar-refractivity contribution < 1.29 is 14.8 Å². The van der Waals surface area contributed by atoms with E-state index in [1.807, 2.05) is 0 Å². The van der Waals surface area contributed by atoms with Gasteiger partial charge in [0.25, 0.3) is 0 Å². The molecule has 4 nitrogen and oxygen atoms in total. The zero-order chi connectivity index (χ0) is 19.2. The Balaban J connectivity index is 1.84. The average molecular weight is 363 g/mol. The minimum Gasteiger partial charge on any atom is -0.474 e. The van der Waals surface area contributed by atoms with Gasteiger partial charge in [0.2, 0.25) is 6.41 Å². The summed E-state index contributed by atoms with van der Waals surface area (Å²) in [5.74, 6) is 1.79. The Morgan fingerprint density at radius 3 is 2.65 bits per heavy atom. The monoisotopic (exact) mass is 362 g/mol. The molecule has 0 radical (unpaired) electrons. The summed E-state index contributed by atoms with van der Waals surface area (Å²) in [6.07, 6.45) is 10.4. The summed E-state index contributed by atoms with van der Waals surface area (Å²) in [5.41, 5.74) is 1.35. The van der Waals surface area contributed by atoms with E-state index in [-0.39, 0.29) is 22.8 Å². The SMILES string of the molecule is [CH2-][NH2+][C@]1(C)CC[C@@H]([C@]2(C)CC[C@H](C(C)(C)NC=O)O2)[C@@H]2C=C(C)CC[C@@H]21. The largest absolute Gasteiger partial charge is 0.474 e. The van der Waals surface area contributed by atoms with Crippen LogP contribution in [0.3, 0.4) is 0 Å². The van der Waals surface area contributed by atoms with Gasteiger partial charge in [0.15, 0.2) is 0 Å². The topological polar surface area (TPSA) is 54.9 Å². The Morgan fingerprint density at radius 1 is 1.27 bits per heavy atom. The summed E-state index contributed by atoms with van der Waals surface area (Å²) < 4.78 is 6.72. The Labute approximate surface area is 159 Å². The molecule has 148 valence electrons. The second-order valence-electron chi connectivity index (χ2n) is 10.0. The molecule has 0 aromatic heterocycles. The first kappa shape index (κ1) is 19.9. The van der Waals surface area contributed by atoms with E-state index in [0.29, 0.717) is 17.8 Å². The van der Waals surface area contributed by atoms with Gasteiger partial charge in [-0.1, -0.05) is 11.6 Å². The lowest BCUT2D eigenvalue weighted by Crippen LogP contribution is -2.94. The Morgan fingerprint density at radius 2 is 2.00 bits per heavy atom. The zero-order valence-corrected chi connectivity index (χ0v) is 17.3. The van der Waals surface area contributed by atoms with Crippen molar-refractivity contribution in [2.75, 3.05) is 0 Å². The number of carbonyl (C=O) groups excluding carboxylic acids is 1. The molecule has 26 heavy (non-hydrogen) atoms. The van der Waals surface area contributed by atoms with Gasteiger partial charge >= 0.3 is 0 Å². The van der Waals surface area contributed by atoms with Crippen molar-refractivity contribution >= 4 is 6.41 Å². The first-order valence-electron chi connectivity index (χ1n) is 10.4. The fourth-order valence-electron chi connectivity index (χ4n) is 5.97. The number of allylic oxidation sites excluding steroid dienone is 2. The van der Waals surface area contributed by atoms with Gasteiger partial charge in [-0.05, 0) is 78.6 Å². The summed E-state index contributed by atoms with van der Waals surface area (Å²) in [5, 5.41) is 5.17. The molecule has 1 amide bonds. The van der Waals surface area contributed by atoms with Crippen LogP contribution in [0.5, 0.6) is 0 Å². The molecule has 6 atom stereocenters. The smallest absolute Gasteiger partial charge is 0.207 e.